The first kappa shape index (κ1) is 68.6. The molecule has 0 aromatic carbocycles. The molecule has 73 heavy (non-hydrogen) atoms. The van der Waals surface area contributed by atoms with Gasteiger partial charge in [0.1, 0.15) is 13.2 Å². The van der Waals surface area contributed by atoms with E-state index in [1.54, 1.807) is 0 Å². The Morgan fingerprint density at radius 2 is 0.562 bits per heavy atom. The molecule has 0 rings (SSSR count). The average molecular weight is 1010 g/mol. The van der Waals surface area contributed by atoms with Gasteiger partial charge in [0.05, 0.1) is 0 Å². The van der Waals surface area contributed by atoms with Crippen LogP contribution in [0.1, 0.15) is 252 Å². The van der Waals surface area contributed by atoms with Gasteiger partial charge in [0.15, 0.2) is 6.10 Å². The fraction of sp³-hybridized carbons (Fsp3) is 0.627. The van der Waals surface area contributed by atoms with Crippen LogP contribution in [0.2, 0.25) is 0 Å². The van der Waals surface area contributed by atoms with Crippen LogP contribution in [0.25, 0.3) is 0 Å². The summed E-state index contributed by atoms with van der Waals surface area (Å²) in [5, 5.41) is 0. The fourth-order valence-corrected chi connectivity index (χ4v) is 7.75. The van der Waals surface area contributed by atoms with Gasteiger partial charge in [0.2, 0.25) is 0 Å². The van der Waals surface area contributed by atoms with Crippen molar-refractivity contribution in [3.8, 4) is 0 Å². The SMILES string of the molecule is CC/C=C\C/C=C\C/C=C\C/C=C\C/C=C\CCCCCCCCCC(=O)OCC(COC(=O)CC/C=C\C/C=C\C/C=C\C/C=C\CC)OC(=O)CCCCCCCCCCC/C=C\C/C=C\CCCCC. The van der Waals surface area contributed by atoms with Crippen molar-refractivity contribution in [2.75, 3.05) is 13.2 Å². The van der Waals surface area contributed by atoms with E-state index in [0.29, 0.717) is 19.3 Å². The van der Waals surface area contributed by atoms with Crippen LogP contribution in [0, 0.1) is 0 Å². The highest BCUT2D eigenvalue weighted by atomic mass is 16.6. The molecule has 0 fully saturated rings. The van der Waals surface area contributed by atoms with Gasteiger partial charge in [0.25, 0.3) is 0 Å². The van der Waals surface area contributed by atoms with Gasteiger partial charge in [-0.05, 0) is 122 Å². The monoisotopic (exact) mass is 1010 g/mol. The summed E-state index contributed by atoms with van der Waals surface area (Å²) in [6, 6.07) is 0. The summed E-state index contributed by atoms with van der Waals surface area (Å²) in [7, 11) is 0. The lowest BCUT2D eigenvalue weighted by atomic mass is 10.1. The van der Waals surface area contributed by atoms with Crippen LogP contribution in [0.3, 0.4) is 0 Å². The Kier molecular flexibility index (Phi) is 56.4. The highest BCUT2D eigenvalue weighted by Gasteiger charge is 2.19. The van der Waals surface area contributed by atoms with Crippen molar-refractivity contribution in [1.82, 2.24) is 0 Å². The summed E-state index contributed by atoms with van der Waals surface area (Å²) in [4.78, 5) is 38.2. The van der Waals surface area contributed by atoms with E-state index in [1.165, 1.54) is 96.3 Å². The molecule has 0 saturated heterocycles. The fourth-order valence-electron chi connectivity index (χ4n) is 7.75. The number of allylic oxidation sites excluding steroid dienone is 22. The average Bonchev–Trinajstić information content (AvgIpc) is 3.39. The van der Waals surface area contributed by atoms with Crippen LogP contribution in [-0.4, -0.2) is 37.2 Å². The standard InChI is InChI=1S/C67H108O6/c1-4-7-10-13-16-19-22-25-27-29-31-32-33-34-36-37-39-42-45-48-51-54-57-60-66(69)72-63-64(62-71-65(68)59-56-53-50-47-44-41-24-21-18-15-12-9-6-3)73-67(70)61-58-55-52-49-46-43-40-38-35-30-28-26-23-20-17-14-11-8-5-2/h7,9-10,12,16-21,25-28,31-32,34,36,41,44,50,53,64H,4-6,8,11,13-15,22-24,29-30,33,35,37-40,42-43,45-49,51-52,54-63H2,1-3H3/b10-7-,12-9-,19-16-,20-17-,21-18-,27-25-,28-26-,32-31-,36-34-,44-41-,53-50-. The number of hydrogen-bond donors (Lipinski definition) is 0. The second kappa shape index (κ2) is 60.1. The second-order valence-electron chi connectivity index (χ2n) is 19.1. The number of unbranched alkanes of at least 4 members (excludes halogenated alkanes) is 19. The van der Waals surface area contributed by atoms with E-state index >= 15 is 0 Å². The van der Waals surface area contributed by atoms with Crippen molar-refractivity contribution in [3.05, 3.63) is 134 Å². The smallest absolute Gasteiger partial charge is 0.306 e. The summed E-state index contributed by atoms with van der Waals surface area (Å²) in [6.07, 6.45) is 84.6. The predicted molar refractivity (Wildman–Crippen MR) is 316 cm³/mol. The van der Waals surface area contributed by atoms with E-state index in [1.807, 2.05) is 12.2 Å². The highest BCUT2D eigenvalue weighted by molar-refractivity contribution is 5.71. The summed E-state index contributed by atoms with van der Waals surface area (Å²) in [6.45, 7) is 6.31. The Morgan fingerprint density at radius 1 is 0.288 bits per heavy atom. The van der Waals surface area contributed by atoms with E-state index in [4.69, 9.17) is 14.2 Å². The third-order valence-corrected chi connectivity index (χ3v) is 12.1. The lowest BCUT2D eigenvalue weighted by Gasteiger charge is -2.18. The summed E-state index contributed by atoms with van der Waals surface area (Å²) in [5.41, 5.74) is 0. The molecule has 0 aromatic rings. The normalized spacial score (nSPS) is 13.1. The molecule has 0 heterocycles. The Bertz CT molecular complexity index is 1580. The Hall–Kier alpha value is -4.45. The maximum atomic E-state index is 12.9. The van der Waals surface area contributed by atoms with Crippen LogP contribution >= 0.6 is 0 Å². The number of carbonyl (C=O) groups excluding carboxylic acids is 3. The third-order valence-electron chi connectivity index (χ3n) is 12.1. The minimum absolute atomic E-state index is 0.112. The number of carbonyl (C=O) groups is 3. The van der Waals surface area contributed by atoms with Gasteiger partial charge in [0, 0.05) is 19.3 Å². The second-order valence-corrected chi connectivity index (χ2v) is 19.1. The number of rotatable bonds is 52. The van der Waals surface area contributed by atoms with Gasteiger partial charge in [-0.3, -0.25) is 14.4 Å². The van der Waals surface area contributed by atoms with Gasteiger partial charge in [-0.1, -0.05) is 244 Å². The van der Waals surface area contributed by atoms with Crippen molar-refractivity contribution in [2.24, 2.45) is 0 Å². The molecule has 0 aromatic heterocycles. The third kappa shape index (κ3) is 58.3. The highest BCUT2D eigenvalue weighted by Crippen LogP contribution is 2.14. The molecular formula is C67H108O6. The van der Waals surface area contributed by atoms with Crippen LogP contribution in [0.4, 0.5) is 0 Å². The van der Waals surface area contributed by atoms with Crippen LogP contribution in [0.15, 0.2) is 134 Å². The van der Waals surface area contributed by atoms with Crippen molar-refractivity contribution in [1.29, 1.82) is 0 Å². The minimum atomic E-state index is -0.819. The molecule has 0 radical (unpaired) electrons. The van der Waals surface area contributed by atoms with E-state index in [9.17, 15) is 14.4 Å². The van der Waals surface area contributed by atoms with E-state index < -0.39 is 6.10 Å². The van der Waals surface area contributed by atoms with Crippen molar-refractivity contribution < 1.29 is 28.6 Å². The van der Waals surface area contributed by atoms with E-state index in [0.717, 1.165) is 109 Å². The molecular weight excluding hydrogens is 901 g/mol. The molecule has 0 saturated carbocycles. The molecule has 6 heteroatoms. The van der Waals surface area contributed by atoms with E-state index in [-0.39, 0.29) is 37.5 Å². The van der Waals surface area contributed by atoms with Gasteiger partial charge in [-0.2, -0.15) is 0 Å². The molecule has 1 atom stereocenters. The van der Waals surface area contributed by atoms with Gasteiger partial charge < -0.3 is 14.2 Å². The maximum Gasteiger partial charge on any atom is 0.306 e. The summed E-state index contributed by atoms with van der Waals surface area (Å²) in [5.74, 6) is -1.01. The lowest BCUT2D eigenvalue weighted by Crippen LogP contribution is -2.30. The molecule has 0 aliphatic heterocycles. The van der Waals surface area contributed by atoms with Gasteiger partial charge >= 0.3 is 17.9 Å². The summed E-state index contributed by atoms with van der Waals surface area (Å²) >= 11 is 0. The molecule has 0 N–H and O–H groups in total. The van der Waals surface area contributed by atoms with Crippen molar-refractivity contribution in [3.63, 3.8) is 0 Å². The molecule has 0 amide bonds. The van der Waals surface area contributed by atoms with Crippen molar-refractivity contribution >= 4 is 17.9 Å². The molecule has 0 aliphatic carbocycles. The summed E-state index contributed by atoms with van der Waals surface area (Å²) < 4.78 is 16.8. The Balaban J connectivity index is 4.45. The predicted octanol–water partition coefficient (Wildman–Crippen LogP) is 20.2. The first-order valence-electron chi connectivity index (χ1n) is 29.7. The minimum Gasteiger partial charge on any atom is -0.462 e. The zero-order chi connectivity index (χ0) is 52.9. The lowest BCUT2D eigenvalue weighted by molar-refractivity contribution is -0.166. The molecule has 0 bridgehead atoms. The molecule has 0 aliphatic rings. The molecule has 0 spiro atoms. The van der Waals surface area contributed by atoms with Gasteiger partial charge in [-0.15, -0.1) is 0 Å². The zero-order valence-corrected chi connectivity index (χ0v) is 47.1. The van der Waals surface area contributed by atoms with Gasteiger partial charge in [-0.25, -0.2) is 0 Å². The number of ether oxygens (including phenoxy) is 3. The van der Waals surface area contributed by atoms with Crippen LogP contribution in [0.5, 0.6) is 0 Å². The molecule has 412 valence electrons. The number of esters is 3. The molecule has 6 nitrogen and oxygen atoms in total. The Morgan fingerprint density at radius 3 is 0.918 bits per heavy atom. The first-order valence-corrected chi connectivity index (χ1v) is 29.7. The van der Waals surface area contributed by atoms with E-state index in [2.05, 4.69) is 142 Å². The zero-order valence-electron chi connectivity index (χ0n) is 47.1. The van der Waals surface area contributed by atoms with Crippen LogP contribution < -0.4 is 0 Å². The Labute approximate surface area is 449 Å². The van der Waals surface area contributed by atoms with Crippen molar-refractivity contribution in [2.45, 2.75) is 258 Å². The van der Waals surface area contributed by atoms with Crippen LogP contribution in [-0.2, 0) is 28.6 Å². The largest absolute Gasteiger partial charge is 0.462 e. The maximum absolute atomic E-state index is 12.9. The number of hydrogen-bond acceptors (Lipinski definition) is 6. The first-order chi connectivity index (χ1) is 36.0. The molecule has 1 unspecified atom stereocenters. The quantitative estimate of drug-likeness (QED) is 0.0261. The topological polar surface area (TPSA) is 78.9 Å².